The van der Waals surface area contributed by atoms with Gasteiger partial charge in [0.05, 0.1) is 6.54 Å². The van der Waals surface area contributed by atoms with Crippen LogP contribution in [0.5, 0.6) is 0 Å². The number of H-pyrrole nitrogens is 1. The van der Waals surface area contributed by atoms with E-state index in [1.165, 1.54) is 6.42 Å². The van der Waals surface area contributed by atoms with E-state index in [0.717, 1.165) is 37.6 Å². The molecule has 0 radical (unpaired) electrons. The first-order valence-electron chi connectivity index (χ1n) is 7.52. The Morgan fingerprint density at radius 1 is 1.35 bits per heavy atom. The maximum absolute atomic E-state index is 11.5. The highest BCUT2D eigenvalue weighted by molar-refractivity contribution is 5.77. The van der Waals surface area contributed by atoms with Gasteiger partial charge in [-0.2, -0.15) is 5.10 Å². The zero-order valence-corrected chi connectivity index (χ0v) is 12.2. The molecule has 1 aliphatic carbocycles. The van der Waals surface area contributed by atoms with E-state index in [-0.39, 0.29) is 5.91 Å². The van der Waals surface area contributed by atoms with Crippen LogP contribution in [0.2, 0.25) is 0 Å². The van der Waals surface area contributed by atoms with Gasteiger partial charge in [-0.25, -0.2) is 4.98 Å². The largest absolute Gasteiger partial charge is 0.356 e. The van der Waals surface area contributed by atoms with E-state index in [4.69, 9.17) is 0 Å². The van der Waals surface area contributed by atoms with Gasteiger partial charge in [0, 0.05) is 25.4 Å². The van der Waals surface area contributed by atoms with Gasteiger partial charge in [-0.3, -0.25) is 14.8 Å². The molecule has 1 aromatic rings. The molecule has 1 saturated heterocycles. The van der Waals surface area contributed by atoms with E-state index in [1.807, 2.05) is 0 Å². The molecule has 20 heavy (non-hydrogen) atoms. The number of piperidine rings is 1. The molecule has 2 aliphatic rings. The molecule has 110 valence electrons. The average Bonchev–Trinajstić information content (AvgIpc) is 3.04. The number of aromatic nitrogens is 3. The quantitative estimate of drug-likeness (QED) is 0.850. The highest BCUT2D eigenvalue weighted by atomic mass is 16.1. The molecule has 6 nitrogen and oxygen atoms in total. The minimum atomic E-state index is 0.220. The molecular formula is C14H23N5O. The topological polar surface area (TPSA) is 73.9 Å². The second-order valence-corrected chi connectivity index (χ2v) is 6.12. The first-order valence-corrected chi connectivity index (χ1v) is 7.52. The van der Waals surface area contributed by atoms with Crippen molar-refractivity contribution in [2.45, 2.75) is 45.2 Å². The molecule has 6 heteroatoms. The van der Waals surface area contributed by atoms with Crippen molar-refractivity contribution < 1.29 is 4.79 Å². The first kappa shape index (κ1) is 13.5. The number of amides is 1. The van der Waals surface area contributed by atoms with Crippen LogP contribution >= 0.6 is 0 Å². The fourth-order valence-corrected chi connectivity index (χ4v) is 3.52. The fourth-order valence-electron chi connectivity index (χ4n) is 3.52. The maximum Gasteiger partial charge on any atom is 0.220 e. The lowest BCUT2D eigenvalue weighted by atomic mass is 9.89. The minimum absolute atomic E-state index is 0.220. The van der Waals surface area contributed by atoms with Crippen molar-refractivity contribution >= 4 is 5.91 Å². The summed E-state index contributed by atoms with van der Waals surface area (Å²) in [6, 6.07) is 0.549. The van der Waals surface area contributed by atoms with Crippen LogP contribution in [0, 0.1) is 11.8 Å². The smallest absolute Gasteiger partial charge is 0.220 e. The van der Waals surface area contributed by atoms with E-state index in [0.29, 0.717) is 24.3 Å². The summed E-state index contributed by atoms with van der Waals surface area (Å²) >= 11 is 0. The Morgan fingerprint density at radius 2 is 2.15 bits per heavy atom. The van der Waals surface area contributed by atoms with Gasteiger partial charge in [0.25, 0.3) is 0 Å². The molecule has 2 heterocycles. The lowest BCUT2D eigenvalue weighted by molar-refractivity contribution is -0.124. The second kappa shape index (κ2) is 5.52. The molecule has 0 bridgehead atoms. The van der Waals surface area contributed by atoms with Gasteiger partial charge in [0.2, 0.25) is 5.91 Å². The molecule has 0 unspecified atom stereocenters. The average molecular weight is 277 g/mol. The third-order valence-corrected chi connectivity index (χ3v) is 4.74. The number of carbonyl (C=O) groups excluding carboxylic acids is 1. The van der Waals surface area contributed by atoms with Crippen molar-refractivity contribution in [3.63, 3.8) is 0 Å². The Hall–Kier alpha value is -1.43. The summed E-state index contributed by atoms with van der Waals surface area (Å²) in [5, 5.41) is 10.2. The van der Waals surface area contributed by atoms with Crippen LogP contribution in [0.1, 0.15) is 37.8 Å². The molecule has 1 saturated carbocycles. The van der Waals surface area contributed by atoms with Crippen LogP contribution in [-0.4, -0.2) is 45.6 Å². The number of hydrogen-bond donors (Lipinski definition) is 2. The van der Waals surface area contributed by atoms with Crippen molar-refractivity contribution in [1.29, 1.82) is 0 Å². The van der Waals surface area contributed by atoms with Gasteiger partial charge in [-0.15, -0.1) is 0 Å². The Bertz CT molecular complexity index is 486. The zero-order chi connectivity index (χ0) is 14.1. The molecule has 1 amide bonds. The number of carbonyl (C=O) groups is 1. The van der Waals surface area contributed by atoms with Crippen LogP contribution < -0.4 is 5.32 Å². The molecule has 3 rings (SSSR count). The van der Waals surface area contributed by atoms with E-state index >= 15 is 0 Å². The summed E-state index contributed by atoms with van der Waals surface area (Å²) in [6.07, 6.45) is 3.87. The van der Waals surface area contributed by atoms with Gasteiger partial charge in [0.1, 0.15) is 11.6 Å². The van der Waals surface area contributed by atoms with Crippen LogP contribution in [0.15, 0.2) is 0 Å². The van der Waals surface area contributed by atoms with E-state index < -0.39 is 0 Å². The predicted molar refractivity (Wildman–Crippen MR) is 74.9 cm³/mol. The zero-order valence-electron chi connectivity index (χ0n) is 12.2. The van der Waals surface area contributed by atoms with Gasteiger partial charge in [0.15, 0.2) is 0 Å². The summed E-state index contributed by atoms with van der Waals surface area (Å²) in [4.78, 5) is 18.3. The molecule has 3 atom stereocenters. The van der Waals surface area contributed by atoms with E-state index in [9.17, 15) is 4.79 Å². The number of hydrogen-bond acceptors (Lipinski definition) is 4. The number of aromatic amines is 1. The van der Waals surface area contributed by atoms with Crippen molar-refractivity contribution in [1.82, 2.24) is 25.4 Å². The predicted octanol–water partition coefficient (Wildman–Crippen LogP) is 0.714. The highest BCUT2D eigenvalue weighted by Crippen LogP contribution is 2.38. The lowest BCUT2D eigenvalue weighted by Gasteiger charge is -2.24. The Morgan fingerprint density at radius 3 is 2.90 bits per heavy atom. The molecule has 2 N–H and O–H groups in total. The lowest BCUT2D eigenvalue weighted by Crippen LogP contribution is -2.38. The third kappa shape index (κ3) is 2.70. The molecule has 1 aromatic heterocycles. The van der Waals surface area contributed by atoms with Crippen LogP contribution in [0.25, 0.3) is 0 Å². The summed E-state index contributed by atoms with van der Waals surface area (Å²) in [6.45, 7) is 3.72. The van der Waals surface area contributed by atoms with E-state index in [1.54, 1.807) is 0 Å². The third-order valence-electron chi connectivity index (χ3n) is 4.74. The summed E-state index contributed by atoms with van der Waals surface area (Å²) < 4.78 is 0. The van der Waals surface area contributed by atoms with Gasteiger partial charge in [-0.05, 0) is 31.7 Å². The van der Waals surface area contributed by atoms with E-state index in [2.05, 4.69) is 39.4 Å². The monoisotopic (exact) mass is 277 g/mol. The molecular weight excluding hydrogens is 254 g/mol. The maximum atomic E-state index is 11.5. The Balaban J connectivity index is 1.58. The van der Waals surface area contributed by atoms with Crippen molar-refractivity contribution in [2.24, 2.45) is 11.8 Å². The summed E-state index contributed by atoms with van der Waals surface area (Å²) in [7, 11) is 2.14. The van der Waals surface area contributed by atoms with Crippen molar-refractivity contribution in [2.75, 3.05) is 13.6 Å². The number of rotatable bonds is 4. The first-order chi connectivity index (χ1) is 9.65. The van der Waals surface area contributed by atoms with Crippen molar-refractivity contribution in [3.05, 3.63) is 11.6 Å². The van der Waals surface area contributed by atoms with Crippen LogP contribution in [-0.2, 0) is 17.8 Å². The standard InChI is InChI=1S/C14H23N5O/c1-3-12-16-13(18-17-12)8-19(2)11-4-9-6-14(20)15-7-10(9)5-11/h9-11H,3-8H2,1-2H3,(H,15,20)(H,16,17,18)/t9-,10+,11-/m1/s1. The number of nitrogens with one attached hydrogen (secondary N) is 2. The number of fused-ring (bicyclic) bond motifs is 1. The van der Waals surface area contributed by atoms with Crippen LogP contribution in [0.4, 0.5) is 0 Å². The minimum Gasteiger partial charge on any atom is -0.356 e. The van der Waals surface area contributed by atoms with Gasteiger partial charge >= 0.3 is 0 Å². The molecule has 0 aromatic carbocycles. The van der Waals surface area contributed by atoms with Gasteiger partial charge in [-0.1, -0.05) is 6.92 Å². The molecule has 1 aliphatic heterocycles. The Kier molecular flexibility index (Phi) is 3.74. The van der Waals surface area contributed by atoms with Gasteiger partial charge < -0.3 is 5.32 Å². The summed E-state index contributed by atoms with van der Waals surface area (Å²) in [5.74, 6) is 3.26. The second-order valence-electron chi connectivity index (χ2n) is 6.12. The normalized spacial score (nSPS) is 29.6. The number of aryl methyl sites for hydroxylation is 1. The highest BCUT2D eigenvalue weighted by Gasteiger charge is 2.39. The SMILES string of the molecule is CCc1n[nH]c(CN(C)[C@H]2C[C@H]3CNC(=O)C[C@H]3C2)n1. The summed E-state index contributed by atoms with van der Waals surface area (Å²) in [5.41, 5.74) is 0. The van der Waals surface area contributed by atoms with Crippen molar-refractivity contribution in [3.8, 4) is 0 Å². The molecule has 0 spiro atoms. The fraction of sp³-hybridized carbons (Fsp3) is 0.786. The molecule has 2 fully saturated rings. The Labute approximate surface area is 119 Å². The van der Waals surface area contributed by atoms with Crippen LogP contribution in [0.3, 0.4) is 0 Å². The number of nitrogens with zero attached hydrogens (tertiary/aromatic N) is 3.